The van der Waals surface area contributed by atoms with Crippen molar-refractivity contribution in [3.63, 3.8) is 0 Å². The number of benzene rings is 2. The molecule has 11 heteroatoms. The molecular weight excluding hydrogens is 566 g/mol. The van der Waals surface area contributed by atoms with E-state index in [2.05, 4.69) is 54.1 Å². The van der Waals surface area contributed by atoms with Gasteiger partial charge in [0.1, 0.15) is 4.64 Å². The molecule has 0 aliphatic rings. The Morgan fingerprint density at radius 3 is 1.94 bits per heavy atom. The van der Waals surface area contributed by atoms with E-state index in [9.17, 15) is 4.79 Å². The fourth-order valence-electron chi connectivity index (χ4n) is 2.25. The maximum Gasteiger partial charge on any atom is 0.338 e. The molecule has 1 atom stereocenters. The first-order valence-corrected chi connectivity index (χ1v) is 12.1. The molecule has 2 aromatic carbocycles. The van der Waals surface area contributed by atoms with Gasteiger partial charge >= 0.3 is 5.97 Å². The highest BCUT2D eigenvalue weighted by Crippen LogP contribution is 2.45. The van der Waals surface area contributed by atoms with Gasteiger partial charge in [0.25, 0.3) is 0 Å². The van der Waals surface area contributed by atoms with E-state index in [1.165, 1.54) is 11.6 Å². The second-order valence-electron chi connectivity index (χ2n) is 6.52. The van der Waals surface area contributed by atoms with Gasteiger partial charge < -0.3 is 15.4 Å². The summed E-state index contributed by atoms with van der Waals surface area (Å²) >= 11 is 37.2. The molecule has 3 N–H and O–H groups in total. The lowest BCUT2D eigenvalue weighted by atomic mass is 10.1. The molecule has 4 nitrogen and oxygen atoms in total. The van der Waals surface area contributed by atoms with Crippen LogP contribution in [0.1, 0.15) is 22.8 Å². The molecule has 1 aromatic heterocycles. The Morgan fingerprint density at radius 1 is 1.00 bits per heavy atom. The third-order valence-corrected chi connectivity index (χ3v) is 7.44. The molecule has 33 heavy (non-hydrogen) atoms. The van der Waals surface area contributed by atoms with Gasteiger partial charge in [-0.05, 0) is 38.1 Å². The molecule has 0 fully saturated rings. The van der Waals surface area contributed by atoms with Gasteiger partial charge in [-0.15, -0.1) is 12.6 Å². The number of halogens is 5. The largest absolute Gasteiger partial charge is 0.478 e. The van der Waals surface area contributed by atoms with Gasteiger partial charge in [-0.2, -0.15) is 0 Å². The molecule has 0 saturated carbocycles. The van der Waals surface area contributed by atoms with Crippen molar-refractivity contribution in [3.05, 3.63) is 89.5 Å². The highest BCUT2D eigenvalue weighted by molar-refractivity contribution is 7.80. The van der Waals surface area contributed by atoms with Gasteiger partial charge in [-0.1, -0.05) is 101 Å². The summed E-state index contributed by atoms with van der Waals surface area (Å²) in [4.78, 5) is 13.3. The van der Waals surface area contributed by atoms with Crippen molar-refractivity contribution in [1.29, 1.82) is 0 Å². The van der Waals surface area contributed by atoms with Crippen molar-refractivity contribution in [2.75, 3.05) is 7.05 Å². The number of rotatable bonds is 4. The minimum atomic E-state index is -0.998. The van der Waals surface area contributed by atoms with Gasteiger partial charge in [0.05, 0.1) is 30.7 Å². The fraction of sp³-hybridized carbons (Fsp3) is 0.182. The molecule has 0 saturated heterocycles. The van der Waals surface area contributed by atoms with E-state index in [1.54, 1.807) is 12.3 Å². The Labute approximate surface area is 228 Å². The van der Waals surface area contributed by atoms with Crippen LogP contribution in [0, 0.1) is 4.64 Å². The number of carboxylic acids is 1. The maximum atomic E-state index is 10.3. The number of hydrogen-bond acceptors (Lipinski definition) is 4. The van der Waals surface area contributed by atoms with E-state index in [4.69, 9.17) is 75.3 Å². The minimum Gasteiger partial charge on any atom is -0.478 e. The van der Waals surface area contributed by atoms with Crippen LogP contribution in [0.5, 0.6) is 0 Å². The summed E-state index contributed by atoms with van der Waals surface area (Å²) in [5.74, 6) is -0.998. The maximum absolute atomic E-state index is 10.3. The van der Waals surface area contributed by atoms with Crippen LogP contribution in [0.4, 0.5) is 0 Å². The number of aromatic nitrogens is 1. The number of aromatic amines is 1. The molecule has 178 valence electrons. The van der Waals surface area contributed by atoms with Crippen LogP contribution in [0.3, 0.4) is 0 Å². The molecule has 3 rings (SSSR count). The zero-order valence-corrected chi connectivity index (χ0v) is 23.0. The van der Waals surface area contributed by atoms with Crippen molar-refractivity contribution < 1.29 is 9.90 Å². The first-order chi connectivity index (χ1) is 15.5. The number of carboxylic acid groups (broad SMARTS) is 1. The predicted molar refractivity (Wildman–Crippen MR) is 146 cm³/mol. The summed E-state index contributed by atoms with van der Waals surface area (Å²) in [6.07, 6.45) is 2.70. The normalized spacial score (nSPS) is 10.9. The summed E-state index contributed by atoms with van der Waals surface area (Å²) in [5.41, 5.74) is 1.53. The average Bonchev–Trinajstić information content (AvgIpc) is 2.81. The van der Waals surface area contributed by atoms with Gasteiger partial charge in [0, 0.05) is 17.1 Å². The summed E-state index contributed by atoms with van der Waals surface area (Å²) in [6, 6.07) is 14.2. The fourth-order valence-corrected chi connectivity index (χ4v) is 3.97. The Hall–Kier alpha value is -0.960. The second-order valence-corrected chi connectivity index (χ2v) is 9.26. The van der Waals surface area contributed by atoms with E-state index in [0.29, 0.717) is 10.9 Å². The number of aromatic carboxylic acids is 1. The Morgan fingerprint density at radius 2 is 1.52 bits per heavy atom. The first kappa shape index (κ1) is 30.1. The average molecular weight is 587 g/mol. The van der Waals surface area contributed by atoms with Gasteiger partial charge in [-0.25, -0.2) is 4.79 Å². The van der Waals surface area contributed by atoms with Crippen molar-refractivity contribution in [3.8, 4) is 0 Å². The van der Waals surface area contributed by atoms with E-state index in [-0.39, 0.29) is 35.3 Å². The van der Waals surface area contributed by atoms with Crippen LogP contribution in [0.15, 0.2) is 53.6 Å². The predicted octanol–water partition coefficient (Wildman–Crippen LogP) is 8.52. The molecule has 3 aromatic rings. The topological polar surface area (TPSA) is 65.1 Å². The molecule has 0 bridgehead atoms. The highest BCUT2D eigenvalue weighted by Gasteiger charge is 2.16. The molecular formula is C22H21Cl5N2O2S2. The van der Waals surface area contributed by atoms with Gasteiger partial charge in [0.2, 0.25) is 0 Å². The second kappa shape index (κ2) is 15.1. The van der Waals surface area contributed by atoms with Crippen molar-refractivity contribution in [2.45, 2.75) is 24.3 Å². The summed E-state index contributed by atoms with van der Waals surface area (Å²) < 4.78 is 0.259. The van der Waals surface area contributed by atoms with Crippen LogP contribution in [-0.4, -0.2) is 29.1 Å². The molecule has 0 aliphatic carbocycles. The van der Waals surface area contributed by atoms with Gasteiger partial charge in [-0.3, -0.25) is 0 Å². The SMILES string of the molecule is CN[C@@H](C)Cc1ccccc1.O=C(O)c1ccc[nH]c1=S.Sc1c(Cl)c(Cl)c(Cl)c(Cl)c1Cl. The van der Waals surface area contributed by atoms with Crippen LogP contribution in [0.25, 0.3) is 0 Å². The molecule has 0 spiro atoms. The van der Waals surface area contributed by atoms with Gasteiger partial charge in [0.15, 0.2) is 0 Å². The molecule has 0 unspecified atom stereocenters. The number of thiol groups is 1. The van der Waals surface area contributed by atoms with E-state index in [1.807, 2.05) is 13.1 Å². The lowest BCUT2D eigenvalue weighted by Crippen LogP contribution is -2.23. The number of likely N-dealkylation sites (N-methyl/N-ethyl adjacent to an activating group) is 1. The van der Waals surface area contributed by atoms with Crippen molar-refractivity contribution >= 4 is 88.8 Å². The monoisotopic (exact) mass is 584 g/mol. The van der Waals surface area contributed by atoms with Crippen LogP contribution < -0.4 is 5.32 Å². The Balaban J connectivity index is 0.000000249. The summed E-state index contributed by atoms with van der Waals surface area (Å²) in [6.45, 7) is 2.19. The Kier molecular flexibility index (Phi) is 13.8. The Bertz CT molecular complexity index is 1020. The van der Waals surface area contributed by atoms with E-state index < -0.39 is 5.97 Å². The van der Waals surface area contributed by atoms with Crippen molar-refractivity contribution in [2.24, 2.45) is 0 Å². The van der Waals surface area contributed by atoms with Crippen LogP contribution in [-0.2, 0) is 6.42 Å². The van der Waals surface area contributed by atoms with Crippen molar-refractivity contribution in [1.82, 2.24) is 10.3 Å². The zero-order chi connectivity index (χ0) is 25.1. The summed E-state index contributed by atoms with van der Waals surface area (Å²) in [5, 5.41) is 12.6. The molecule has 0 radical (unpaired) electrons. The first-order valence-electron chi connectivity index (χ1n) is 9.33. The highest BCUT2D eigenvalue weighted by atomic mass is 35.5. The smallest absolute Gasteiger partial charge is 0.338 e. The lowest BCUT2D eigenvalue weighted by Gasteiger charge is -2.08. The van der Waals surface area contributed by atoms with Crippen LogP contribution in [0.2, 0.25) is 25.1 Å². The molecule has 0 amide bonds. The zero-order valence-electron chi connectivity index (χ0n) is 17.5. The number of H-pyrrole nitrogens is 1. The van der Waals surface area contributed by atoms with Crippen LogP contribution >= 0.6 is 82.9 Å². The number of nitrogens with one attached hydrogen (secondary N) is 2. The van der Waals surface area contributed by atoms with E-state index >= 15 is 0 Å². The summed E-state index contributed by atoms with van der Waals surface area (Å²) in [7, 11) is 1.99. The molecule has 1 heterocycles. The third-order valence-electron chi connectivity index (χ3n) is 4.11. The molecule has 0 aliphatic heterocycles. The quantitative estimate of drug-likeness (QED) is 0.107. The lowest BCUT2D eigenvalue weighted by molar-refractivity contribution is 0.0696. The standard InChI is InChI=1S/C10H15N.C6HCl5S.C6H5NO2S/c1-9(11-2)8-10-6-4-3-5-7-10;7-1-2(8)4(10)6(12)5(11)3(1)9;8-6(9)4-2-1-3-7-5(4)10/h3-7,9,11H,8H2,1-2H3;12H;1-3H,(H,7,10)(H,8,9)/t9-;;/m0../s1. The number of hydrogen-bond donors (Lipinski definition) is 4. The van der Waals surface area contributed by atoms with E-state index in [0.717, 1.165) is 6.42 Å². The number of carbonyl (C=O) groups is 1. The minimum absolute atomic E-state index is 0.137. The third kappa shape index (κ3) is 9.67. The number of pyridine rings is 1.